The van der Waals surface area contributed by atoms with Crippen molar-refractivity contribution in [3.8, 4) is 0 Å². The molecule has 4 aromatic rings. The summed E-state index contributed by atoms with van der Waals surface area (Å²) in [6.07, 6.45) is -1.81. The molecule has 5 rings (SSSR count). The Hall–Kier alpha value is -3.30. The molecule has 1 fully saturated rings. The largest absolute Gasteiger partial charge is 0.348 e. The fourth-order valence-corrected chi connectivity index (χ4v) is 7.96. The second kappa shape index (κ2) is 10.2. The molecule has 0 amide bonds. The first kappa shape index (κ1) is 25.4. The van der Waals surface area contributed by atoms with Crippen LogP contribution in [-0.4, -0.2) is 32.9 Å². The summed E-state index contributed by atoms with van der Waals surface area (Å²) >= 11 is 0. The van der Waals surface area contributed by atoms with Crippen molar-refractivity contribution >= 4 is 19.9 Å². The van der Waals surface area contributed by atoms with Crippen molar-refractivity contribution in [1.29, 1.82) is 0 Å². The summed E-state index contributed by atoms with van der Waals surface area (Å²) in [5, 5.41) is 0. The van der Waals surface area contributed by atoms with Crippen LogP contribution >= 0.6 is 0 Å². The predicted octanol–water partition coefficient (Wildman–Crippen LogP) is 5.30. The van der Waals surface area contributed by atoms with Crippen molar-refractivity contribution < 1.29 is 21.6 Å². The minimum absolute atomic E-state index is 0.0819. The number of benzene rings is 4. The van der Waals surface area contributed by atoms with E-state index in [1.54, 1.807) is 66.7 Å². The molecular weight excluding hydrogens is 506 g/mol. The Kier molecular flexibility index (Phi) is 7.00. The van der Waals surface area contributed by atoms with Crippen molar-refractivity contribution in [3.63, 3.8) is 0 Å². The zero-order valence-corrected chi connectivity index (χ0v) is 21.8. The lowest BCUT2D eigenvalue weighted by molar-refractivity contribution is 0.0193. The van der Waals surface area contributed by atoms with Gasteiger partial charge < -0.3 is 4.74 Å². The Morgan fingerprint density at radius 2 is 1.16 bits per heavy atom. The molecule has 37 heavy (non-hydrogen) atoms. The van der Waals surface area contributed by atoms with Gasteiger partial charge in [-0.15, -0.1) is 0 Å². The van der Waals surface area contributed by atoms with E-state index in [1.165, 1.54) is 16.4 Å². The van der Waals surface area contributed by atoms with E-state index < -0.39 is 44.0 Å². The summed E-state index contributed by atoms with van der Waals surface area (Å²) < 4.78 is 63.2. The zero-order chi connectivity index (χ0) is 26.0. The van der Waals surface area contributed by atoms with E-state index in [4.69, 9.17) is 4.74 Å². The van der Waals surface area contributed by atoms with Gasteiger partial charge in [-0.3, -0.25) is 0 Å². The Morgan fingerprint density at radius 1 is 0.649 bits per heavy atom. The Balaban J connectivity index is 1.68. The van der Waals surface area contributed by atoms with Gasteiger partial charge in [0, 0.05) is 0 Å². The lowest BCUT2D eigenvalue weighted by Gasteiger charge is -2.28. The third kappa shape index (κ3) is 5.10. The van der Waals surface area contributed by atoms with Crippen molar-refractivity contribution in [3.05, 3.63) is 132 Å². The van der Waals surface area contributed by atoms with Crippen LogP contribution in [0.25, 0.3) is 0 Å². The average molecular weight is 534 g/mol. The van der Waals surface area contributed by atoms with Crippen molar-refractivity contribution in [2.75, 3.05) is 5.75 Å². The maximum atomic E-state index is 14.2. The predicted molar refractivity (Wildman–Crippen MR) is 142 cm³/mol. The molecule has 0 aliphatic carbocycles. The van der Waals surface area contributed by atoms with Gasteiger partial charge >= 0.3 is 0 Å². The number of hydrogen-bond acceptors (Lipinski definition) is 5. The highest BCUT2D eigenvalue weighted by Gasteiger charge is 2.51. The van der Waals surface area contributed by atoms with Crippen LogP contribution in [0.5, 0.6) is 0 Å². The summed E-state index contributed by atoms with van der Waals surface area (Å²) in [6, 6.07) is 31.8. The molecule has 6 nitrogen and oxygen atoms in total. The summed E-state index contributed by atoms with van der Waals surface area (Å²) in [7, 11) is -8.01. The molecule has 3 atom stereocenters. The molecule has 1 saturated heterocycles. The fraction of sp³-hybridized carbons (Fsp3) is 0.172. The molecule has 0 unspecified atom stereocenters. The van der Waals surface area contributed by atoms with Gasteiger partial charge in [-0.1, -0.05) is 96.6 Å². The van der Waals surface area contributed by atoms with E-state index in [2.05, 4.69) is 0 Å². The molecule has 4 aromatic carbocycles. The standard InChI is InChI=1S/C29H27NO5S2/c1-22-17-19-26(20-18-22)37(33,34)30-27(21-36(31,32)25-15-9-4-10-16-25)28(23-11-5-2-6-12-23)35-29(30)24-13-7-3-8-14-24/h2-20,27-29H,21H2,1H3/t27-,28+,29+/m0/s1. The SMILES string of the molecule is Cc1ccc(S(=O)(=O)N2[C@@H](c3ccccc3)O[C@H](c3ccccc3)[C@@H]2CS(=O)(=O)c2ccccc2)cc1. The summed E-state index contributed by atoms with van der Waals surface area (Å²) in [5.41, 5.74) is 2.25. The van der Waals surface area contributed by atoms with Crippen LogP contribution in [0, 0.1) is 6.92 Å². The van der Waals surface area contributed by atoms with Crippen LogP contribution in [-0.2, 0) is 24.6 Å². The highest BCUT2D eigenvalue weighted by atomic mass is 32.2. The van der Waals surface area contributed by atoms with E-state index >= 15 is 0 Å². The molecule has 190 valence electrons. The van der Waals surface area contributed by atoms with Gasteiger partial charge in [0.15, 0.2) is 16.1 Å². The smallest absolute Gasteiger partial charge is 0.245 e. The zero-order valence-electron chi connectivity index (χ0n) is 20.2. The Labute approximate surface area is 218 Å². The highest BCUT2D eigenvalue weighted by molar-refractivity contribution is 7.91. The molecule has 0 N–H and O–H groups in total. The minimum Gasteiger partial charge on any atom is -0.348 e. The molecule has 0 radical (unpaired) electrons. The number of nitrogens with zero attached hydrogens (tertiary/aromatic N) is 1. The van der Waals surface area contributed by atoms with Crippen LogP contribution < -0.4 is 0 Å². The molecular formula is C29H27NO5S2. The van der Waals surface area contributed by atoms with Gasteiger partial charge in [0.1, 0.15) is 6.10 Å². The first-order chi connectivity index (χ1) is 17.8. The molecule has 0 bridgehead atoms. The lowest BCUT2D eigenvalue weighted by atomic mass is 10.0. The van der Waals surface area contributed by atoms with Crippen molar-refractivity contribution in [2.24, 2.45) is 0 Å². The highest BCUT2D eigenvalue weighted by Crippen LogP contribution is 2.46. The molecule has 1 heterocycles. The van der Waals surface area contributed by atoms with E-state index in [0.29, 0.717) is 11.1 Å². The Morgan fingerprint density at radius 3 is 1.73 bits per heavy atom. The first-order valence-corrected chi connectivity index (χ1v) is 15.0. The number of sulfone groups is 1. The van der Waals surface area contributed by atoms with Gasteiger partial charge in [0.2, 0.25) is 10.0 Å². The van der Waals surface area contributed by atoms with E-state index in [9.17, 15) is 16.8 Å². The van der Waals surface area contributed by atoms with E-state index in [1.807, 2.05) is 43.3 Å². The monoisotopic (exact) mass is 533 g/mol. The second-order valence-electron chi connectivity index (χ2n) is 9.04. The maximum absolute atomic E-state index is 14.2. The summed E-state index contributed by atoms with van der Waals surface area (Å²) in [4.78, 5) is 0.219. The van der Waals surface area contributed by atoms with E-state index in [-0.39, 0.29) is 9.79 Å². The van der Waals surface area contributed by atoms with Crippen molar-refractivity contribution in [1.82, 2.24) is 4.31 Å². The first-order valence-electron chi connectivity index (χ1n) is 11.9. The van der Waals surface area contributed by atoms with Gasteiger partial charge in [-0.25, -0.2) is 16.8 Å². The summed E-state index contributed by atoms with van der Waals surface area (Å²) in [6.45, 7) is 1.88. The van der Waals surface area contributed by atoms with Crippen LogP contribution in [0.15, 0.2) is 125 Å². The fourth-order valence-electron chi connectivity index (χ4n) is 4.63. The molecule has 0 spiro atoms. The number of rotatable bonds is 7. The average Bonchev–Trinajstić information content (AvgIpc) is 3.30. The van der Waals surface area contributed by atoms with Gasteiger partial charge in [-0.05, 0) is 42.3 Å². The van der Waals surface area contributed by atoms with Crippen LogP contribution in [0.2, 0.25) is 0 Å². The molecule has 8 heteroatoms. The third-order valence-electron chi connectivity index (χ3n) is 6.48. The lowest BCUT2D eigenvalue weighted by Crippen LogP contribution is -2.42. The number of hydrogen-bond donors (Lipinski definition) is 0. The normalized spacial score (nSPS) is 20.6. The number of ether oxygens (including phenoxy) is 1. The van der Waals surface area contributed by atoms with E-state index in [0.717, 1.165) is 5.56 Å². The molecule has 0 saturated carbocycles. The number of sulfonamides is 1. The maximum Gasteiger partial charge on any atom is 0.245 e. The Bertz CT molecular complexity index is 1560. The second-order valence-corrected chi connectivity index (χ2v) is 12.9. The van der Waals surface area contributed by atoms with Crippen LogP contribution in [0.4, 0.5) is 0 Å². The quantitative estimate of drug-likeness (QED) is 0.322. The topological polar surface area (TPSA) is 80.8 Å². The van der Waals surface area contributed by atoms with Crippen LogP contribution in [0.3, 0.4) is 0 Å². The number of aryl methyl sites for hydroxylation is 1. The molecule has 1 aliphatic rings. The molecule has 0 aromatic heterocycles. The third-order valence-corrected chi connectivity index (χ3v) is 10.1. The van der Waals surface area contributed by atoms with Gasteiger partial charge in [0.25, 0.3) is 0 Å². The van der Waals surface area contributed by atoms with Gasteiger partial charge in [-0.2, -0.15) is 4.31 Å². The molecule has 1 aliphatic heterocycles. The van der Waals surface area contributed by atoms with Gasteiger partial charge in [0.05, 0.1) is 21.6 Å². The van der Waals surface area contributed by atoms with Crippen LogP contribution in [0.1, 0.15) is 29.0 Å². The minimum atomic E-state index is -4.15. The summed E-state index contributed by atoms with van der Waals surface area (Å²) in [5.74, 6) is -0.439. The van der Waals surface area contributed by atoms with Crippen molar-refractivity contribution in [2.45, 2.75) is 35.1 Å².